The van der Waals surface area contributed by atoms with Gasteiger partial charge in [0.2, 0.25) is 0 Å². The first-order valence-corrected chi connectivity index (χ1v) is 9.08. The van der Waals surface area contributed by atoms with Crippen molar-refractivity contribution in [3.05, 3.63) is 71.8 Å². The van der Waals surface area contributed by atoms with Gasteiger partial charge in [-0.1, -0.05) is 60.7 Å². The van der Waals surface area contributed by atoms with Crippen LogP contribution in [0.1, 0.15) is 11.1 Å². The van der Waals surface area contributed by atoms with Crippen molar-refractivity contribution in [1.82, 2.24) is 10.2 Å². The van der Waals surface area contributed by atoms with E-state index in [9.17, 15) is 4.79 Å². The summed E-state index contributed by atoms with van der Waals surface area (Å²) in [6.07, 6.45) is 0. The standard InChI is InChI=1S/C18H18N2OS2/c21-17-16(13-23-12-15-9-5-2-6-10-15)19-18(22)20(17)11-14-7-3-1-4-8-14/h1-10,16H,11-13H2,(H,19,22). The Morgan fingerprint density at radius 3 is 2.26 bits per heavy atom. The summed E-state index contributed by atoms with van der Waals surface area (Å²) in [6, 6.07) is 20.0. The molecule has 23 heavy (non-hydrogen) atoms. The molecule has 1 atom stereocenters. The lowest BCUT2D eigenvalue weighted by molar-refractivity contribution is -0.127. The monoisotopic (exact) mass is 342 g/mol. The van der Waals surface area contributed by atoms with Crippen LogP contribution >= 0.6 is 24.0 Å². The van der Waals surface area contributed by atoms with E-state index in [0.29, 0.717) is 11.7 Å². The summed E-state index contributed by atoms with van der Waals surface area (Å²) >= 11 is 7.07. The van der Waals surface area contributed by atoms with Gasteiger partial charge in [-0.05, 0) is 23.3 Å². The van der Waals surface area contributed by atoms with Crippen LogP contribution in [0.2, 0.25) is 0 Å². The van der Waals surface area contributed by atoms with Crippen molar-refractivity contribution in [2.24, 2.45) is 0 Å². The minimum Gasteiger partial charge on any atom is -0.350 e. The molecule has 1 heterocycles. The lowest BCUT2D eigenvalue weighted by Gasteiger charge is -2.14. The van der Waals surface area contributed by atoms with Gasteiger partial charge in [-0.15, -0.1) is 0 Å². The normalized spacial score (nSPS) is 17.4. The molecule has 118 valence electrons. The van der Waals surface area contributed by atoms with Crippen molar-refractivity contribution in [2.45, 2.75) is 18.3 Å². The van der Waals surface area contributed by atoms with Crippen LogP contribution < -0.4 is 5.32 Å². The summed E-state index contributed by atoms with van der Waals surface area (Å²) in [6.45, 7) is 0.533. The number of hydrogen-bond donors (Lipinski definition) is 1. The molecule has 1 aliphatic rings. The number of nitrogens with zero attached hydrogens (tertiary/aromatic N) is 1. The van der Waals surface area contributed by atoms with E-state index < -0.39 is 0 Å². The van der Waals surface area contributed by atoms with Gasteiger partial charge in [-0.2, -0.15) is 11.8 Å². The summed E-state index contributed by atoms with van der Waals surface area (Å²) in [5, 5.41) is 3.68. The molecule has 3 rings (SSSR count). The Labute approximate surface area is 146 Å². The highest BCUT2D eigenvalue weighted by molar-refractivity contribution is 7.98. The first kappa shape index (κ1) is 16.0. The number of carbonyl (C=O) groups excluding carboxylic acids is 1. The maximum atomic E-state index is 12.5. The zero-order valence-electron chi connectivity index (χ0n) is 12.6. The summed E-state index contributed by atoms with van der Waals surface area (Å²) in [5.74, 6) is 1.69. The van der Waals surface area contributed by atoms with E-state index in [1.807, 2.05) is 48.5 Å². The summed E-state index contributed by atoms with van der Waals surface area (Å²) in [4.78, 5) is 14.2. The molecule has 0 aliphatic carbocycles. The molecule has 3 nitrogen and oxygen atoms in total. The molecule has 0 aromatic heterocycles. The molecule has 1 saturated heterocycles. The number of thiocarbonyl (C=S) groups is 1. The molecule has 2 aromatic rings. The molecule has 0 radical (unpaired) electrons. The van der Waals surface area contributed by atoms with Gasteiger partial charge in [-0.25, -0.2) is 0 Å². The van der Waals surface area contributed by atoms with Crippen molar-refractivity contribution in [3.63, 3.8) is 0 Å². The third kappa shape index (κ3) is 4.12. The Hall–Kier alpha value is -1.85. The Bertz CT molecular complexity index is 676. The van der Waals surface area contributed by atoms with Crippen LogP contribution in [0.5, 0.6) is 0 Å². The molecule has 1 N–H and O–H groups in total. The Balaban J connectivity index is 1.54. The second-order valence-corrected chi connectivity index (χ2v) is 6.83. The van der Waals surface area contributed by atoms with Crippen LogP contribution in [0.15, 0.2) is 60.7 Å². The number of nitrogens with one attached hydrogen (secondary N) is 1. The van der Waals surface area contributed by atoms with Crippen LogP contribution in [0.3, 0.4) is 0 Å². The fourth-order valence-electron chi connectivity index (χ4n) is 2.47. The topological polar surface area (TPSA) is 32.3 Å². The van der Waals surface area contributed by atoms with Gasteiger partial charge < -0.3 is 5.32 Å². The zero-order chi connectivity index (χ0) is 16.1. The van der Waals surface area contributed by atoms with Crippen molar-refractivity contribution in [3.8, 4) is 0 Å². The van der Waals surface area contributed by atoms with Gasteiger partial charge in [0.15, 0.2) is 5.11 Å². The van der Waals surface area contributed by atoms with Crippen LogP contribution in [0, 0.1) is 0 Å². The second-order valence-electron chi connectivity index (χ2n) is 5.41. The highest BCUT2D eigenvalue weighted by atomic mass is 32.2. The molecule has 1 aliphatic heterocycles. The quantitative estimate of drug-likeness (QED) is 0.817. The fraction of sp³-hybridized carbons (Fsp3) is 0.222. The number of amides is 1. The lowest BCUT2D eigenvalue weighted by Crippen LogP contribution is -2.32. The Morgan fingerprint density at radius 1 is 1.00 bits per heavy atom. The van der Waals surface area contributed by atoms with E-state index in [1.54, 1.807) is 16.7 Å². The average Bonchev–Trinajstić information content (AvgIpc) is 2.85. The van der Waals surface area contributed by atoms with Crippen LogP contribution in [0.25, 0.3) is 0 Å². The summed E-state index contributed by atoms with van der Waals surface area (Å²) in [5.41, 5.74) is 2.36. The van der Waals surface area contributed by atoms with Gasteiger partial charge in [0.05, 0.1) is 6.54 Å². The third-order valence-electron chi connectivity index (χ3n) is 3.69. The molecular weight excluding hydrogens is 324 g/mol. The molecular formula is C18H18N2OS2. The van der Waals surface area contributed by atoms with Gasteiger partial charge in [0.1, 0.15) is 6.04 Å². The van der Waals surface area contributed by atoms with Crippen molar-refractivity contribution in [1.29, 1.82) is 0 Å². The van der Waals surface area contributed by atoms with Crippen LogP contribution in [-0.2, 0) is 17.1 Å². The van der Waals surface area contributed by atoms with E-state index >= 15 is 0 Å². The van der Waals surface area contributed by atoms with E-state index in [-0.39, 0.29) is 11.9 Å². The number of carbonyl (C=O) groups is 1. The largest absolute Gasteiger partial charge is 0.350 e. The minimum atomic E-state index is -0.222. The first-order valence-electron chi connectivity index (χ1n) is 7.51. The predicted molar refractivity (Wildman–Crippen MR) is 99.1 cm³/mol. The highest BCUT2D eigenvalue weighted by Crippen LogP contribution is 2.18. The van der Waals surface area contributed by atoms with Crippen LogP contribution in [0.4, 0.5) is 0 Å². The molecule has 0 spiro atoms. The molecule has 2 aromatic carbocycles. The van der Waals surface area contributed by atoms with E-state index in [4.69, 9.17) is 12.2 Å². The average molecular weight is 342 g/mol. The molecule has 5 heteroatoms. The smallest absolute Gasteiger partial charge is 0.252 e. The molecule has 0 bridgehead atoms. The van der Waals surface area contributed by atoms with E-state index in [1.165, 1.54) is 5.56 Å². The van der Waals surface area contributed by atoms with E-state index in [0.717, 1.165) is 17.1 Å². The van der Waals surface area contributed by atoms with E-state index in [2.05, 4.69) is 17.4 Å². The molecule has 1 fully saturated rings. The Morgan fingerprint density at radius 2 is 1.61 bits per heavy atom. The molecule has 1 amide bonds. The van der Waals surface area contributed by atoms with Crippen molar-refractivity contribution in [2.75, 3.05) is 5.75 Å². The van der Waals surface area contributed by atoms with Gasteiger partial charge in [0.25, 0.3) is 5.91 Å². The highest BCUT2D eigenvalue weighted by Gasteiger charge is 2.34. The van der Waals surface area contributed by atoms with Crippen molar-refractivity contribution < 1.29 is 4.79 Å². The van der Waals surface area contributed by atoms with Gasteiger partial charge >= 0.3 is 0 Å². The van der Waals surface area contributed by atoms with Crippen molar-refractivity contribution >= 4 is 35.0 Å². The number of thioether (sulfide) groups is 1. The molecule has 0 saturated carbocycles. The maximum Gasteiger partial charge on any atom is 0.252 e. The number of benzene rings is 2. The SMILES string of the molecule is O=C1C(CSCc2ccccc2)NC(=S)N1Cc1ccccc1. The summed E-state index contributed by atoms with van der Waals surface area (Å²) in [7, 11) is 0. The fourth-order valence-corrected chi connectivity index (χ4v) is 3.78. The first-order chi connectivity index (χ1) is 11.2. The molecule has 1 unspecified atom stereocenters. The predicted octanol–water partition coefficient (Wildman–Crippen LogP) is 3.21. The lowest BCUT2D eigenvalue weighted by atomic mass is 10.2. The Kier molecular flexibility index (Phi) is 5.31. The second kappa shape index (κ2) is 7.62. The summed E-state index contributed by atoms with van der Waals surface area (Å²) < 4.78 is 0. The van der Waals surface area contributed by atoms with Gasteiger partial charge in [-0.3, -0.25) is 9.69 Å². The van der Waals surface area contributed by atoms with Gasteiger partial charge in [0, 0.05) is 11.5 Å². The maximum absolute atomic E-state index is 12.5. The number of hydrogen-bond acceptors (Lipinski definition) is 3. The number of rotatable bonds is 6. The zero-order valence-corrected chi connectivity index (χ0v) is 14.3. The third-order valence-corrected chi connectivity index (χ3v) is 5.13. The minimum absolute atomic E-state index is 0.0689. The van der Waals surface area contributed by atoms with Crippen LogP contribution in [-0.4, -0.2) is 27.7 Å².